The van der Waals surface area contributed by atoms with Crippen molar-refractivity contribution in [1.82, 2.24) is 15.1 Å². The lowest BCUT2D eigenvalue weighted by Crippen LogP contribution is -2.44. The van der Waals surface area contributed by atoms with Crippen molar-refractivity contribution in [3.05, 3.63) is 16.6 Å². The van der Waals surface area contributed by atoms with Gasteiger partial charge in [-0.2, -0.15) is 5.10 Å². The van der Waals surface area contributed by atoms with Crippen molar-refractivity contribution < 1.29 is 9.90 Å². The Balaban J connectivity index is 2.17. The van der Waals surface area contributed by atoms with Crippen molar-refractivity contribution in [3.63, 3.8) is 0 Å². The van der Waals surface area contributed by atoms with E-state index < -0.39 is 5.60 Å². The van der Waals surface area contributed by atoms with Crippen LogP contribution in [-0.4, -0.2) is 32.9 Å². The van der Waals surface area contributed by atoms with Gasteiger partial charge in [-0.1, -0.05) is 34.1 Å². The number of aromatic nitrogens is 2. The molecule has 0 saturated heterocycles. The molecule has 0 aromatic carbocycles. The van der Waals surface area contributed by atoms with E-state index in [0.29, 0.717) is 10.8 Å². The Morgan fingerprint density at radius 1 is 1.48 bits per heavy atom. The third kappa shape index (κ3) is 3.58. The summed E-state index contributed by atoms with van der Waals surface area (Å²) in [4.78, 5) is 14.1. The number of carbonyl (C=O) groups is 1. The number of amides is 1. The van der Waals surface area contributed by atoms with Crippen LogP contribution >= 0.6 is 11.3 Å². The Morgan fingerprint density at radius 2 is 2.13 bits per heavy atom. The van der Waals surface area contributed by atoms with Crippen LogP contribution < -0.4 is 5.32 Å². The summed E-state index contributed by atoms with van der Waals surface area (Å²) in [5, 5.41) is 18.9. The fraction of sp³-hybridized carbons (Fsp3) is 0.647. The average Bonchev–Trinajstić information content (AvgIpc) is 3.04. The third-order valence-corrected chi connectivity index (χ3v) is 5.79. The molecule has 2 unspecified atom stereocenters. The Bertz CT molecular complexity index is 700. The van der Waals surface area contributed by atoms with E-state index in [2.05, 4.69) is 24.3 Å². The van der Waals surface area contributed by atoms with Crippen LogP contribution in [0.1, 0.15) is 62.3 Å². The van der Waals surface area contributed by atoms with Gasteiger partial charge in [0.25, 0.3) is 5.91 Å². The van der Waals surface area contributed by atoms with Crippen LogP contribution in [0.4, 0.5) is 0 Å². The normalized spacial score (nSPS) is 15.8. The monoisotopic (exact) mass is 337 g/mol. The zero-order chi connectivity index (χ0) is 17.4. The quantitative estimate of drug-likeness (QED) is 0.850. The third-order valence-electron chi connectivity index (χ3n) is 4.59. The molecule has 0 aliphatic rings. The van der Waals surface area contributed by atoms with Gasteiger partial charge >= 0.3 is 0 Å². The number of thiophene rings is 1. The van der Waals surface area contributed by atoms with Crippen molar-refractivity contribution in [2.45, 2.75) is 52.6 Å². The molecular formula is C17H27N3O2S. The van der Waals surface area contributed by atoms with E-state index in [0.717, 1.165) is 22.3 Å². The molecule has 0 aliphatic carbocycles. The summed E-state index contributed by atoms with van der Waals surface area (Å²) in [7, 11) is 1.90. The molecule has 0 spiro atoms. The number of aliphatic hydroxyl groups is 1. The topological polar surface area (TPSA) is 67.2 Å². The Labute approximate surface area is 141 Å². The predicted molar refractivity (Wildman–Crippen MR) is 95.1 cm³/mol. The molecular weight excluding hydrogens is 310 g/mol. The molecule has 2 heterocycles. The fourth-order valence-corrected chi connectivity index (χ4v) is 3.56. The van der Waals surface area contributed by atoms with Gasteiger partial charge in [-0.15, -0.1) is 11.3 Å². The van der Waals surface area contributed by atoms with Crippen molar-refractivity contribution in [1.29, 1.82) is 0 Å². The van der Waals surface area contributed by atoms with Crippen LogP contribution in [0.3, 0.4) is 0 Å². The van der Waals surface area contributed by atoms with Crippen molar-refractivity contribution >= 4 is 27.5 Å². The molecule has 2 atom stereocenters. The summed E-state index contributed by atoms with van der Waals surface area (Å²) >= 11 is 1.44. The summed E-state index contributed by atoms with van der Waals surface area (Å²) in [6.45, 7) is 10.3. The van der Waals surface area contributed by atoms with Gasteiger partial charge in [-0.3, -0.25) is 9.48 Å². The highest BCUT2D eigenvalue weighted by molar-refractivity contribution is 7.20. The first-order valence-corrected chi connectivity index (χ1v) is 8.96. The second kappa shape index (κ2) is 6.61. The first-order chi connectivity index (χ1) is 10.7. The number of carbonyl (C=O) groups excluding carboxylic acids is 1. The maximum Gasteiger partial charge on any atom is 0.261 e. The minimum Gasteiger partial charge on any atom is -0.388 e. The molecule has 0 aliphatic heterocycles. The number of nitrogens with one attached hydrogen (secondary N) is 1. The van der Waals surface area contributed by atoms with Gasteiger partial charge < -0.3 is 10.4 Å². The highest BCUT2D eigenvalue weighted by Gasteiger charge is 2.28. The van der Waals surface area contributed by atoms with Crippen molar-refractivity contribution in [3.8, 4) is 0 Å². The summed E-state index contributed by atoms with van der Waals surface area (Å²) < 4.78 is 1.83. The first-order valence-electron chi connectivity index (χ1n) is 8.14. The van der Waals surface area contributed by atoms with E-state index >= 15 is 0 Å². The zero-order valence-electron chi connectivity index (χ0n) is 14.8. The largest absolute Gasteiger partial charge is 0.388 e. The molecule has 0 radical (unpaired) electrons. The minimum atomic E-state index is -0.897. The SMILES string of the molecule is CCC(C)C(C)(O)CNC(=O)c1cc2c(C(C)C)nn(C)c2s1. The lowest BCUT2D eigenvalue weighted by molar-refractivity contribution is 0.00597. The van der Waals surface area contributed by atoms with Crippen LogP contribution in [0.25, 0.3) is 10.2 Å². The van der Waals surface area contributed by atoms with E-state index in [1.807, 2.05) is 31.6 Å². The van der Waals surface area contributed by atoms with E-state index in [1.165, 1.54) is 11.3 Å². The van der Waals surface area contributed by atoms with E-state index in [4.69, 9.17) is 0 Å². The number of nitrogens with zero attached hydrogens (tertiary/aromatic N) is 2. The zero-order valence-corrected chi connectivity index (χ0v) is 15.6. The number of hydrogen-bond acceptors (Lipinski definition) is 4. The molecule has 0 bridgehead atoms. The molecule has 2 aromatic heterocycles. The number of aryl methyl sites for hydroxylation is 1. The number of rotatable bonds is 6. The summed E-state index contributed by atoms with van der Waals surface area (Å²) in [5.74, 6) is 0.307. The van der Waals surface area contributed by atoms with Crippen molar-refractivity contribution in [2.75, 3.05) is 6.54 Å². The standard InChI is InChI=1S/C17H27N3O2S/c1-7-11(4)17(5,22)9-18-15(21)13-8-12-14(10(2)3)19-20(6)16(12)23-13/h8,10-11,22H,7,9H2,1-6H3,(H,18,21). The molecule has 23 heavy (non-hydrogen) atoms. The fourth-order valence-electron chi connectivity index (χ4n) is 2.56. The molecule has 5 nitrogen and oxygen atoms in total. The van der Waals surface area contributed by atoms with Gasteiger partial charge in [0.1, 0.15) is 4.83 Å². The molecule has 2 rings (SSSR count). The van der Waals surface area contributed by atoms with E-state index in [-0.39, 0.29) is 18.4 Å². The van der Waals surface area contributed by atoms with E-state index in [1.54, 1.807) is 6.92 Å². The Kier molecular flexibility index (Phi) is 5.16. The van der Waals surface area contributed by atoms with Gasteiger partial charge in [-0.25, -0.2) is 0 Å². The van der Waals surface area contributed by atoms with Gasteiger partial charge in [0.2, 0.25) is 0 Å². The lowest BCUT2D eigenvalue weighted by Gasteiger charge is -2.29. The molecule has 0 fully saturated rings. The Hall–Kier alpha value is -1.40. The number of hydrogen-bond donors (Lipinski definition) is 2. The minimum absolute atomic E-state index is 0.127. The molecule has 0 saturated carbocycles. The van der Waals surface area contributed by atoms with Crippen LogP contribution in [0.5, 0.6) is 0 Å². The smallest absolute Gasteiger partial charge is 0.261 e. The molecule has 6 heteroatoms. The van der Waals surface area contributed by atoms with Gasteiger partial charge in [-0.05, 0) is 24.8 Å². The van der Waals surface area contributed by atoms with Crippen LogP contribution in [0, 0.1) is 5.92 Å². The van der Waals surface area contributed by atoms with Crippen LogP contribution in [0.2, 0.25) is 0 Å². The molecule has 128 valence electrons. The molecule has 2 aromatic rings. The first kappa shape index (κ1) is 17.9. The maximum atomic E-state index is 12.4. The maximum absolute atomic E-state index is 12.4. The summed E-state index contributed by atoms with van der Waals surface area (Å²) in [6.07, 6.45) is 0.870. The average molecular weight is 337 g/mol. The highest BCUT2D eigenvalue weighted by atomic mass is 32.1. The molecule has 1 amide bonds. The van der Waals surface area contributed by atoms with E-state index in [9.17, 15) is 9.90 Å². The van der Waals surface area contributed by atoms with Gasteiger partial charge in [0.15, 0.2) is 0 Å². The Morgan fingerprint density at radius 3 is 2.70 bits per heavy atom. The highest BCUT2D eigenvalue weighted by Crippen LogP contribution is 2.31. The van der Waals surface area contributed by atoms with Crippen LogP contribution in [-0.2, 0) is 7.05 Å². The van der Waals surface area contributed by atoms with Crippen molar-refractivity contribution in [2.24, 2.45) is 13.0 Å². The number of fused-ring (bicyclic) bond motifs is 1. The molecule has 2 N–H and O–H groups in total. The van der Waals surface area contributed by atoms with Gasteiger partial charge in [0.05, 0.1) is 16.2 Å². The lowest BCUT2D eigenvalue weighted by atomic mass is 9.88. The summed E-state index contributed by atoms with van der Waals surface area (Å²) in [5.41, 5.74) is 0.121. The predicted octanol–water partition coefficient (Wildman–Crippen LogP) is 3.29. The summed E-state index contributed by atoms with van der Waals surface area (Å²) in [6, 6.07) is 1.91. The van der Waals surface area contributed by atoms with Crippen LogP contribution in [0.15, 0.2) is 6.07 Å². The second-order valence-electron chi connectivity index (χ2n) is 6.84. The van der Waals surface area contributed by atoms with Gasteiger partial charge in [0, 0.05) is 19.0 Å². The second-order valence-corrected chi connectivity index (χ2v) is 7.87.